The van der Waals surface area contributed by atoms with E-state index in [1.54, 1.807) is 38.1 Å². The Morgan fingerprint density at radius 2 is 2.12 bits per heavy atom. The molecule has 1 rings (SSSR count). The first kappa shape index (κ1) is 12.5. The molecule has 1 aromatic carbocycles. The molecule has 0 bridgehead atoms. The minimum absolute atomic E-state index is 0.141. The third kappa shape index (κ3) is 3.55. The third-order valence-electron chi connectivity index (χ3n) is 2.02. The highest BCUT2D eigenvalue weighted by Crippen LogP contribution is 2.24. The summed E-state index contributed by atoms with van der Waals surface area (Å²) in [5, 5.41) is 9.48. The predicted octanol–water partition coefficient (Wildman–Crippen LogP) is 1.68. The minimum Gasteiger partial charge on any atom is -0.482 e. The molecule has 0 radical (unpaired) electrons. The monoisotopic (exact) mass is 224 g/mol. The van der Waals surface area contributed by atoms with E-state index in [2.05, 4.69) is 0 Å². The van der Waals surface area contributed by atoms with Crippen LogP contribution in [0.3, 0.4) is 0 Å². The second-order valence-electron chi connectivity index (χ2n) is 3.31. The van der Waals surface area contributed by atoms with Crippen LogP contribution < -0.4 is 4.74 Å². The highest BCUT2D eigenvalue weighted by molar-refractivity contribution is 5.71. The SMILES string of the molecule is CCOC(=O)COc1ccccc1[C@H](C)O. The third-order valence-corrected chi connectivity index (χ3v) is 2.02. The molecular formula is C12H16O4. The first-order valence-corrected chi connectivity index (χ1v) is 5.20. The number of para-hydroxylation sites is 1. The van der Waals surface area contributed by atoms with Gasteiger partial charge in [-0.3, -0.25) is 0 Å². The van der Waals surface area contributed by atoms with Crippen LogP contribution in [0, 0.1) is 0 Å². The van der Waals surface area contributed by atoms with Crippen molar-refractivity contribution >= 4 is 5.97 Å². The van der Waals surface area contributed by atoms with Crippen LogP contribution in [-0.4, -0.2) is 24.3 Å². The number of rotatable bonds is 5. The van der Waals surface area contributed by atoms with Crippen molar-refractivity contribution in [2.45, 2.75) is 20.0 Å². The molecule has 1 N–H and O–H groups in total. The molecule has 0 saturated heterocycles. The van der Waals surface area contributed by atoms with Crippen molar-refractivity contribution in [1.29, 1.82) is 0 Å². The largest absolute Gasteiger partial charge is 0.482 e. The van der Waals surface area contributed by atoms with Crippen molar-refractivity contribution < 1.29 is 19.4 Å². The van der Waals surface area contributed by atoms with Gasteiger partial charge in [-0.05, 0) is 19.9 Å². The van der Waals surface area contributed by atoms with Crippen molar-refractivity contribution in [2.24, 2.45) is 0 Å². The molecule has 0 aliphatic heterocycles. The van der Waals surface area contributed by atoms with Crippen LogP contribution in [0.15, 0.2) is 24.3 Å². The molecule has 0 aliphatic carbocycles. The number of carbonyl (C=O) groups excluding carboxylic acids is 1. The van der Waals surface area contributed by atoms with Crippen LogP contribution in [0.1, 0.15) is 25.5 Å². The summed E-state index contributed by atoms with van der Waals surface area (Å²) in [6, 6.07) is 7.05. The number of aliphatic hydroxyl groups is 1. The molecule has 0 aliphatic rings. The Hall–Kier alpha value is -1.55. The Labute approximate surface area is 94.8 Å². The lowest BCUT2D eigenvalue weighted by atomic mass is 10.1. The van der Waals surface area contributed by atoms with Gasteiger partial charge in [0.1, 0.15) is 5.75 Å². The summed E-state index contributed by atoms with van der Waals surface area (Å²) >= 11 is 0. The molecule has 4 nitrogen and oxygen atoms in total. The molecule has 88 valence electrons. The average Bonchev–Trinajstić information content (AvgIpc) is 2.27. The van der Waals surface area contributed by atoms with Gasteiger partial charge >= 0.3 is 5.97 Å². The lowest BCUT2D eigenvalue weighted by Gasteiger charge is -2.12. The summed E-state index contributed by atoms with van der Waals surface area (Å²) in [7, 11) is 0. The summed E-state index contributed by atoms with van der Waals surface area (Å²) in [6.07, 6.45) is -0.626. The van der Waals surface area contributed by atoms with Crippen LogP contribution >= 0.6 is 0 Å². The molecule has 0 fully saturated rings. The van der Waals surface area contributed by atoms with E-state index in [1.807, 2.05) is 0 Å². The first-order chi connectivity index (χ1) is 7.65. The van der Waals surface area contributed by atoms with Crippen molar-refractivity contribution in [3.05, 3.63) is 29.8 Å². The van der Waals surface area contributed by atoms with Crippen molar-refractivity contribution in [3.63, 3.8) is 0 Å². The molecule has 0 aromatic heterocycles. The second-order valence-corrected chi connectivity index (χ2v) is 3.31. The Balaban J connectivity index is 2.63. The van der Waals surface area contributed by atoms with Gasteiger partial charge in [0, 0.05) is 5.56 Å². The zero-order valence-electron chi connectivity index (χ0n) is 9.47. The van der Waals surface area contributed by atoms with Gasteiger partial charge in [0.05, 0.1) is 12.7 Å². The molecule has 16 heavy (non-hydrogen) atoms. The summed E-state index contributed by atoms with van der Waals surface area (Å²) in [5.41, 5.74) is 0.659. The summed E-state index contributed by atoms with van der Waals surface area (Å²) in [6.45, 7) is 3.58. The van der Waals surface area contributed by atoms with Crippen LogP contribution in [0.2, 0.25) is 0 Å². The molecule has 0 spiro atoms. The van der Waals surface area contributed by atoms with Gasteiger partial charge in [-0.2, -0.15) is 0 Å². The lowest BCUT2D eigenvalue weighted by Crippen LogP contribution is -2.15. The van der Waals surface area contributed by atoms with E-state index in [9.17, 15) is 9.90 Å². The fraction of sp³-hybridized carbons (Fsp3) is 0.417. The van der Waals surface area contributed by atoms with Crippen LogP contribution in [0.4, 0.5) is 0 Å². The van der Waals surface area contributed by atoms with Gasteiger partial charge in [0.2, 0.25) is 0 Å². The van der Waals surface area contributed by atoms with E-state index in [1.165, 1.54) is 0 Å². The maximum Gasteiger partial charge on any atom is 0.344 e. The number of ether oxygens (including phenoxy) is 2. The second kappa shape index (κ2) is 6.12. The minimum atomic E-state index is -0.626. The van der Waals surface area contributed by atoms with E-state index >= 15 is 0 Å². The van der Waals surface area contributed by atoms with Crippen molar-refractivity contribution in [2.75, 3.05) is 13.2 Å². The Morgan fingerprint density at radius 3 is 2.75 bits per heavy atom. The van der Waals surface area contributed by atoms with Crippen LogP contribution in [0.25, 0.3) is 0 Å². The smallest absolute Gasteiger partial charge is 0.344 e. The number of carbonyl (C=O) groups is 1. The van der Waals surface area contributed by atoms with E-state index in [4.69, 9.17) is 9.47 Å². The maximum absolute atomic E-state index is 11.1. The molecule has 1 aromatic rings. The summed E-state index contributed by atoms with van der Waals surface area (Å²) in [4.78, 5) is 11.1. The summed E-state index contributed by atoms with van der Waals surface area (Å²) < 4.78 is 10.0. The number of aliphatic hydroxyl groups excluding tert-OH is 1. The first-order valence-electron chi connectivity index (χ1n) is 5.20. The van der Waals surface area contributed by atoms with Gasteiger partial charge in [0.15, 0.2) is 6.61 Å². The molecule has 1 atom stereocenters. The van der Waals surface area contributed by atoms with E-state index < -0.39 is 12.1 Å². The Morgan fingerprint density at radius 1 is 1.44 bits per heavy atom. The van der Waals surface area contributed by atoms with Gasteiger partial charge in [-0.1, -0.05) is 18.2 Å². The van der Waals surface area contributed by atoms with Gasteiger partial charge in [0.25, 0.3) is 0 Å². The molecular weight excluding hydrogens is 208 g/mol. The van der Waals surface area contributed by atoms with Crippen molar-refractivity contribution in [1.82, 2.24) is 0 Å². The van der Waals surface area contributed by atoms with E-state index in [0.29, 0.717) is 17.9 Å². The molecule has 0 heterocycles. The number of hydrogen-bond acceptors (Lipinski definition) is 4. The molecule has 0 saturated carbocycles. The van der Waals surface area contributed by atoms with E-state index in [0.717, 1.165) is 0 Å². The van der Waals surface area contributed by atoms with Gasteiger partial charge in [-0.15, -0.1) is 0 Å². The fourth-order valence-electron chi connectivity index (χ4n) is 1.30. The number of esters is 1. The molecule has 0 amide bonds. The Bertz CT molecular complexity index is 347. The highest BCUT2D eigenvalue weighted by Gasteiger charge is 2.10. The molecule has 0 unspecified atom stereocenters. The Kier molecular flexibility index (Phi) is 4.79. The lowest BCUT2D eigenvalue weighted by molar-refractivity contribution is -0.145. The van der Waals surface area contributed by atoms with E-state index in [-0.39, 0.29) is 6.61 Å². The van der Waals surface area contributed by atoms with Crippen molar-refractivity contribution in [3.8, 4) is 5.75 Å². The quantitative estimate of drug-likeness (QED) is 0.773. The molecule has 4 heteroatoms. The standard InChI is InChI=1S/C12H16O4/c1-3-15-12(14)8-16-11-7-5-4-6-10(11)9(2)13/h4-7,9,13H,3,8H2,1-2H3/t9-/m0/s1. The zero-order valence-corrected chi connectivity index (χ0v) is 9.47. The van der Waals surface area contributed by atoms with Gasteiger partial charge in [-0.25, -0.2) is 4.79 Å². The average molecular weight is 224 g/mol. The number of benzene rings is 1. The zero-order chi connectivity index (χ0) is 12.0. The van der Waals surface area contributed by atoms with Gasteiger partial charge < -0.3 is 14.6 Å². The van der Waals surface area contributed by atoms with Crippen LogP contribution in [-0.2, 0) is 9.53 Å². The number of hydrogen-bond donors (Lipinski definition) is 1. The normalized spacial score (nSPS) is 11.9. The maximum atomic E-state index is 11.1. The summed E-state index contributed by atoms with van der Waals surface area (Å²) in [5.74, 6) is 0.0912. The fourth-order valence-corrected chi connectivity index (χ4v) is 1.30. The van der Waals surface area contributed by atoms with Crippen LogP contribution in [0.5, 0.6) is 5.75 Å². The topological polar surface area (TPSA) is 55.8 Å². The highest BCUT2D eigenvalue weighted by atomic mass is 16.6. The predicted molar refractivity (Wildman–Crippen MR) is 59.2 cm³/mol.